The van der Waals surface area contributed by atoms with Crippen LogP contribution in [-0.2, 0) is 6.61 Å². The number of hydrogen-bond acceptors (Lipinski definition) is 4. The van der Waals surface area contributed by atoms with Gasteiger partial charge in [0, 0.05) is 4.47 Å². The topological polar surface area (TPSA) is 27.1 Å². The van der Waals surface area contributed by atoms with E-state index in [9.17, 15) is 0 Å². The van der Waals surface area contributed by atoms with Gasteiger partial charge in [-0.2, -0.15) is 4.37 Å². The molecule has 1 aliphatic heterocycles. The van der Waals surface area contributed by atoms with Gasteiger partial charge in [-0.05, 0) is 41.9 Å². The van der Waals surface area contributed by atoms with Crippen LogP contribution in [0.1, 0.15) is 5.82 Å². The van der Waals surface area contributed by atoms with Crippen molar-refractivity contribution in [2.45, 2.75) is 6.61 Å². The van der Waals surface area contributed by atoms with Gasteiger partial charge in [-0.15, -0.1) is 0 Å². The van der Waals surface area contributed by atoms with Crippen molar-refractivity contribution >= 4 is 39.7 Å². The fourth-order valence-electron chi connectivity index (χ4n) is 1.54. The standard InChI is InChI=1S/C9H5BrN2OS2/c10-5-1-2-7-6(3-5)12-8(4-13-7)11-15-9(12)14/h1-3H,4H2. The van der Waals surface area contributed by atoms with Gasteiger partial charge in [0.25, 0.3) is 0 Å². The number of hydrogen-bond donors (Lipinski definition) is 0. The summed E-state index contributed by atoms with van der Waals surface area (Å²) in [6.07, 6.45) is 0. The van der Waals surface area contributed by atoms with Crippen LogP contribution in [0.3, 0.4) is 0 Å². The molecule has 3 nitrogen and oxygen atoms in total. The molecule has 0 spiro atoms. The van der Waals surface area contributed by atoms with Crippen LogP contribution in [0.2, 0.25) is 0 Å². The van der Waals surface area contributed by atoms with Gasteiger partial charge in [0.1, 0.15) is 12.4 Å². The Morgan fingerprint density at radius 1 is 1.53 bits per heavy atom. The van der Waals surface area contributed by atoms with Crippen molar-refractivity contribution in [2.75, 3.05) is 0 Å². The summed E-state index contributed by atoms with van der Waals surface area (Å²) in [6, 6.07) is 5.87. The van der Waals surface area contributed by atoms with Crippen LogP contribution >= 0.6 is 39.7 Å². The molecule has 0 saturated carbocycles. The first kappa shape index (κ1) is 9.50. The monoisotopic (exact) mass is 300 g/mol. The number of rotatable bonds is 0. The maximum Gasteiger partial charge on any atom is 0.185 e. The van der Waals surface area contributed by atoms with Gasteiger partial charge in [0.15, 0.2) is 9.78 Å². The number of ether oxygens (including phenoxy) is 1. The van der Waals surface area contributed by atoms with Crippen molar-refractivity contribution in [1.82, 2.24) is 8.94 Å². The first-order valence-electron chi connectivity index (χ1n) is 4.26. The van der Waals surface area contributed by atoms with Crippen molar-refractivity contribution in [3.05, 3.63) is 32.5 Å². The summed E-state index contributed by atoms with van der Waals surface area (Å²) in [7, 11) is 0. The summed E-state index contributed by atoms with van der Waals surface area (Å²) in [4.78, 5) is 0. The summed E-state index contributed by atoms with van der Waals surface area (Å²) in [5.74, 6) is 1.72. The lowest BCUT2D eigenvalue weighted by Gasteiger charge is -2.18. The predicted octanol–water partition coefficient (Wildman–Crippen LogP) is 3.32. The smallest absolute Gasteiger partial charge is 0.185 e. The molecule has 2 heterocycles. The van der Waals surface area contributed by atoms with Crippen molar-refractivity contribution < 1.29 is 4.74 Å². The minimum absolute atomic E-state index is 0.488. The molecule has 0 unspecified atom stereocenters. The minimum atomic E-state index is 0.488. The zero-order valence-corrected chi connectivity index (χ0v) is 10.7. The fraction of sp³-hybridized carbons (Fsp3) is 0.111. The van der Waals surface area contributed by atoms with Crippen LogP contribution in [0, 0.1) is 3.95 Å². The molecule has 0 fully saturated rings. The van der Waals surface area contributed by atoms with Crippen molar-refractivity contribution in [3.8, 4) is 11.4 Å². The average molecular weight is 301 g/mol. The van der Waals surface area contributed by atoms with E-state index in [1.54, 1.807) is 0 Å². The predicted molar refractivity (Wildman–Crippen MR) is 64.3 cm³/mol. The molecule has 0 saturated heterocycles. The third-order valence-electron chi connectivity index (χ3n) is 2.19. The Labute approximate surface area is 104 Å². The number of fused-ring (bicyclic) bond motifs is 3. The van der Waals surface area contributed by atoms with Crippen LogP contribution < -0.4 is 4.74 Å². The second kappa shape index (κ2) is 3.40. The van der Waals surface area contributed by atoms with Crippen molar-refractivity contribution in [2.24, 2.45) is 0 Å². The summed E-state index contributed by atoms with van der Waals surface area (Å²) >= 11 is 10.00. The summed E-state index contributed by atoms with van der Waals surface area (Å²) in [5, 5.41) is 0. The maximum atomic E-state index is 5.57. The molecule has 1 aliphatic rings. The molecule has 76 valence electrons. The molecule has 0 aliphatic carbocycles. The quantitative estimate of drug-likeness (QED) is 0.699. The van der Waals surface area contributed by atoms with Gasteiger partial charge in [-0.3, -0.25) is 4.57 Å². The van der Waals surface area contributed by atoms with Crippen LogP contribution in [0.4, 0.5) is 0 Å². The molecule has 0 atom stereocenters. The molecular formula is C9H5BrN2OS2. The lowest BCUT2D eigenvalue weighted by molar-refractivity contribution is 0.279. The molecule has 6 heteroatoms. The Morgan fingerprint density at radius 2 is 2.40 bits per heavy atom. The summed E-state index contributed by atoms with van der Waals surface area (Å²) in [5.41, 5.74) is 0.962. The summed E-state index contributed by atoms with van der Waals surface area (Å²) < 4.78 is 13.5. The van der Waals surface area contributed by atoms with E-state index in [0.29, 0.717) is 6.61 Å². The zero-order chi connectivity index (χ0) is 10.4. The van der Waals surface area contributed by atoms with E-state index in [4.69, 9.17) is 17.0 Å². The molecule has 15 heavy (non-hydrogen) atoms. The molecule has 0 bridgehead atoms. The minimum Gasteiger partial charge on any atom is -0.483 e. The molecule has 3 rings (SSSR count). The second-order valence-electron chi connectivity index (χ2n) is 3.10. The first-order valence-corrected chi connectivity index (χ1v) is 6.23. The molecule has 0 amide bonds. The summed E-state index contributed by atoms with van der Waals surface area (Å²) in [6.45, 7) is 0.488. The highest BCUT2D eigenvalue weighted by molar-refractivity contribution is 9.10. The lowest BCUT2D eigenvalue weighted by atomic mass is 10.2. The third-order valence-corrected chi connectivity index (χ3v) is 3.73. The molecule has 0 radical (unpaired) electrons. The Morgan fingerprint density at radius 3 is 3.27 bits per heavy atom. The first-order chi connectivity index (χ1) is 7.25. The van der Waals surface area contributed by atoms with Gasteiger partial charge in [0.2, 0.25) is 0 Å². The van der Waals surface area contributed by atoms with Gasteiger partial charge in [-0.25, -0.2) is 0 Å². The molecule has 1 aromatic heterocycles. The Bertz CT molecular complexity index is 590. The highest BCUT2D eigenvalue weighted by Crippen LogP contribution is 2.32. The van der Waals surface area contributed by atoms with Gasteiger partial charge < -0.3 is 4.74 Å². The molecule has 2 aromatic rings. The normalized spacial score (nSPS) is 12.9. The van der Waals surface area contributed by atoms with E-state index in [0.717, 1.165) is 25.7 Å². The number of aromatic nitrogens is 2. The average Bonchev–Trinajstić information content (AvgIpc) is 2.60. The van der Waals surface area contributed by atoms with E-state index in [2.05, 4.69) is 20.3 Å². The Hall–Kier alpha value is -0.720. The molecule has 1 aromatic carbocycles. The number of nitrogens with zero attached hydrogens (tertiary/aromatic N) is 2. The third kappa shape index (κ3) is 1.44. The fourth-order valence-corrected chi connectivity index (χ4v) is 2.80. The Kier molecular flexibility index (Phi) is 2.15. The Balaban J connectivity index is 2.36. The van der Waals surface area contributed by atoms with E-state index < -0.39 is 0 Å². The van der Waals surface area contributed by atoms with Crippen molar-refractivity contribution in [1.29, 1.82) is 0 Å². The highest BCUT2D eigenvalue weighted by atomic mass is 79.9. The molecule has 0 N–H and O–H groups in total. The molecular weight excluding hydrogens is 296 g/mol. The lowest BCUT2D eigenvalue weighted by Crippen LogP contribution is -2.13. The number of benzene rings is 1. The maximum absolute atomic E-state index is 5.57. The van der Waals surface area contributed by atoms with Crippen LogP contribution in [0.5, 0.6) is 5.75 Å². The largest absolute Gasteiger partial charge is 0.483 e. The van der Waals surface area contributed by atoms with Crippen molar-refractivity contribution in [3.63, 3.8) is 0 Å². The van der Waals surface area contributed by atoms with Crippen LogP contribution in [0.15, 0.2) is 22.7 Å². The van der Waals surface area contributed by atoms with Crippen LogP contribution in [0.25, 0.3) is 5.69 Å². The van der Waals surface area contributed by atoms with Gasteiger partial charge in [-0.1, -0.05) is 15.9 Å². The number of halogens is 1. The second-order valence-corrected chi connectivity index (χ2v) is 5.41. The van der Waals surface area contributed by atoms with E-state index in [1.165, 1.54) is 11.5 Å². The van der Waals surface area contributed by atoms with Gasteiger partial charge >= 0.3 is 0 Å². The SMILES string of the molecule is S=c1snc2n1-c1cc(Br)ccc1OC2. The van der Waals surface area contributed by atoms with Gasteiger partial charge in [0.05, 0.1) is 5.69 Å². The van der Waals surface area contributed by atoms with E-state index in [-0.39, 0.29) is 0 Å². The van der Waals surface area contributed by atoms with E-state index in [1.807, 2.05) is 22.8 Å². The van der Waals surface area contributed by atoms with E-state index >= 15 is 0 Å². The highest BCUT2D eigenvalue weighted by Gasteiger charge is 2.19. The van der Waals surface area contributed by atoms with Crippen LogP contribution in [-0.4, -0.2) is 8.94 Å². The zero-order valence-electron chi connectivity index (χ0n) is 7.44.